The fraction of sp³-hybridized carbons (Fsp3) is 0.250. The van der Waals surface area contributed by atoms with Gasteiger partial charge in [0.05, 0.1) is 0 Å². The minimum absolute atomic E-state index is 0.322. The van der Waals surface area contributed by atoms with E-state index in [1.54, 1.807) is 24.3 Å². The Hall–Kier alpha value is -1.40. The van der Waals surface area contributed by atoms with E-state index in [9.17, 15) is 26.3 Å². The predicted molar refractivity (Wildman–Crippen MR) is 42.3 cm³/mol. The zero-order chi connectivity index (χ0) is 12.3. The van der Waals surface area contributed by atoms with Gasteiger partial charge in [-0.2, -0.15) is 26.3 Å². The standard InChI is InChI=1S/C6H6O.2CHF3/c7-6-4-2-1-3-5-6;2*2-1(3)4/h1-5,7H;2*1H. The molecule has 1 aromatic rings. The van der Waals surface area contributed by atoms with Crippen LogP contribution in [-0.4, -0.2) is 18.5 Å². The minimum Gasteiger partial charge on any atom is -0.508 e. The molecule has 7 heteroatoms. The van der Waals surface area contributed by atoms with Gasteiger partial charge in [-0.1, -0.05) is 18.2 Å². The predicted octanol–water partition coefficient (Wildman–Crippen LogP) is 3.75. The van der Waals surface area contributed by atoms with Crippen LogP contribution in [0, 0.1) is 0 Å². The molecule has 0 fully saturated rings. The summed E-state index contributed by atoms with van der Waals surface area (Å²) in [5.74, 6) is 0.322. The van der Waals surface area contributed by atoms with Gasteiger partial charge in [-0.25, -0.2) is 0 Å². The lowest BCUT2D eigenvalue weighted by atomic mass is 10.3. The molecule has 0 aliphatic heterocycles. The summed E-state index contributed by atoms with van der Waals surface area (Å²) < 4.78 is 58.0. The maximum Gasteiger partial charge on any atom is 0.379 e. The van der Waals surface area contributed by atoms with Gasteiger partial charge < -0.3 is 5.11 Å². The zero-order valence-electron chi connectivity index (χ0n) is 7.26. The van der Waals surface area contributed by atoms with E-state index < -0.39 is 13.4 Å². The van der Waals surface area contributed by atoms with Crippen LogP contribution in [0.1, 0.15) is 0 Å². The summed E-state index contributed by atoms with van der Waals surface area (Å²) in [4.78, 5) is 0. The van der Waals surface area contributed by atoms with Crippen LogP contribution in [0.2, 0.25) is 0 Å². The number of hydrogen-bond donors (Lipinski definition) is 1. The molecule has 1 N–H and O–H groups in total. The smallest absolute Gasteiger partial charge is 0.379 e. The molecular weight excluding hydrogens is 226 g/mol. The molecule has 0 heterocycles. The Morgan fingerprint density at radius 3 is 1.13 bits per heavy atom. The SMILES string of the molecule is FC(F)F.FC(F)F.Oc1ccccc1. The first-order valence-electron chi connectivity index (χ1n) is 3.44. The molecule has 1 rings (SSSR count). The highest BCUT2D eigenvalue weighted by molar-refractivity contribution is 5.18. The summed E-state index contributed by atoms with van der Waals surface area (Å²) in [6, 6.07) is 8.71. The second-order valence-electron chi connectivity index (χ2n) is 1.83. The molecular formula is C8H8F6O. The second-order valence-corrected chi connectivity index (χ2v) is 1.83. The number of para-hydroxylation sites is 1. The van der Waals surface area contributed by atoms with Crippen LogP contribution in [0.5, 0.6) is 5.75 Å². The Morgan fingerprint density at radius 1 is 0.733 bits per heavy atom. The van der Waals surface area contributed by atoms with E-state index in [4.69, 9.17) is 5.11 Å². The van der Waals surface area contributed by atoms with Crippen LogP contribution in [0.4, 0.5) is 26.3 Å². The zero-order valence-corrected chi connectivity index (χ0v) is 7.26. The topological polar surface area (TPSA) is 20.2 Å². The van der Waals surface area contributed by atoms with Gasteiger partial charge in [-0.15, -0.1) is 0 Å². The Morgan fingerprint density at radius 2 is 1.00 bits per heavy atom. The van der Waals surface area contributed by atoms with Crippen molar-refractivity contribution in [3.63, 3.8) is 0 Å². The van der Waals surface area contributed by atoms with Crippen LogP contribution in [0.25, 0.3) is 0 Å². The molecule has 0 atom stereocenters. The Balaban J connectivity index is 0. The lowest BCUT2D eigenvalue weighted by Gasteiger charge is -1.82. The normalized spacial score (nSPS) is 8.80. The molecule has 0 aromatic heterocycles. The molecule has 0 spiro atoms. The number of benzene rings is 1. The maximum absolute atomic E-state index is 9.67. The van der Waals surface area contributed by atoms with E-state index >= 15 is 0 Å². The summed E-state index contributed by atoms with van der Waals surface area (Å²) in [5, 5.41) is 8.63. The van der Waals surface area contributed by atoms with Crippen molar-refractivity contribution >= 4 is 0 Å². The molecule has 0 saturated carbocycles. The van der Waals surface area contributed by atoms with Gasteiger partial charge in [0.2, 0.25) is 0 Å². The fourth-order valence-corrected chi connectivity index (χ4v) is 0.428. The highest BCUT2D eigenvalue weighted by Gasteiger charge is 1.86. The summed E-state index contributed by atoms with van der Waals surface area (Å²) in [7, 11) is 0. The molecule has 1 nitrogen and oxygen atoms in total. The van der Waals surface area contributed by atoms with Crippen LogP contribution >= 0.6 is 0 Å². The Kier molecular flexibility index (Phi) is 11.4. The highest BCUT2D eigenvalue weighted by atomic mass is 19.4. The van der Waals surface area contributed by atoms with E-state index in [1.807, 2.05) is 6.07 Å². The van der Waals surface area contributed by atoms with Crippen molar-refractivity contribution < 1.29 is 31.4 Å². The van der Waals surface area contributed by atoms with Crippen molar-refractivity contribution in [1.29, 1.82) is 0 Å². The van der Waals surface area contributed by atoms with Crippen molar-refractivity contribution in [3.8, 4) is 5.75 Å². The largest absolute Gasteiger partial charge is 0.508 e. The molecule has 0 amide bonds. The number of phenols is 1. The van der Waals surface area contributed by atoms with Crippen molar-refractivity contribution in [2.24, 2.45) is 0 Å². The monoisotopic (exact) mass is 234 g/mol. The average molecular weight is 234 g/mol. The third kappa shape index (κ3) is 32.5. The van der Waals surface area contributed by atoms with Crippen molar-refractivity contribution in [1.82, 2.24) is 0 Å². The van der Waals surface area contributed by atoms with Crippen molar-refractivity contribution in [2.45, 2.75) is 13.4 Å². The van der Waals surface area contributed by atoms with E-state index in [0.717, 1.165) is 0 Å². The second kappa shape index (κ2) is 10.7. The number of aromatic hydroxyl groups is 1. The number of halogens is 6. The van der Waals surface area contributed by atoms with Gasteiger partial charge in [0, 0.05) is 0 Å². The fourth-order valence-electron chi connectivity index (χ4n) is 0.428. The first-order chi connectivity index (χ1) is 6.86. The van der Waals surface area contributed by atoms with Crippen LogP contribution in [0.15, 0.2) is 30.3 Å². The number of alkyl halides is 6. The highest BCUT2D eigenvalue weighted by Crippen LogP contribution is 2.02. The van der Waals surface area contributed by atoms with E-state index in [0.29, 0.717) is 5.75 Å². The van der Waals surface area contributed by atoms with Gasteiger partial charge in [0.25, 0.3) is 0 Å². The van der Waals surface area contributed by atoms with E-state index in [-0.39, 0.29) is 0 Å². The first kappa shape index (κ1) is 16.0. The van der Waals surface area contributed by atoms with Gasteiger partial charge in [0.1, 0.15) is 5.75 Å². The molecule has 0 aliphatic carbocycles. The number of phenolic OH excluding ortho intramolecular Hbond substituents is 1. The van der Waals surface area contributed by atoms with Gasteiger partial charge in [0.15, 0.2) is 0 Å². The Bertz CT molecular complexity index is 204. The summed E-state index contributed by atoms with van der Waals surface area (Å²) >= 11 is 0. The molecule has 0 aliphatic rings. The summed E-state index contributed by atoms with van der Waals surface area (Å²) in [6.07, 6.45) is 0. The molecule has 1 aromatic carbocycles. The molecule has 0 saturated heterocycles. The number of rotatable bonds is 0. The third-order valence-electron chi connectivity index (χ3n) is 0.756. The van der Waals surface area contributed by atoms with Gasteiger partial charge in [-0.05, 0) is 12.1 Å². The lowest BCUT2D eigenvalue weighted by molar-refractivity contribution is 0.00734. The summed E-state index contributed by atoms with van der Waals surface area (Å²) in [6.45, 7) is -7.33. The van der Waals surface area contributed by atoms with E-state index in [1.165, 1.54) is 0 Å². The molecule has 88 valence electrons. The molecule has 0 bridgehead atoms. The van der Waals surface area contributed by atoms with Crippen LogP contribution in [0.3, 0.4) is 0 Å². The van der Waals surface area contributed by atoms with Crippen LogP contribution in [-0.2, 0) is 0 Å². The van der Waals surface area contributed by atoms with Crippen molar-refractivity contribution in [3.05, 3.63) is 30.3 Å². The first-order valence-corrected chi connectivity index (χ1v) is 3.44. The van der Waals surface area contributed by atoms with Crippen LogP contribution < -0.4 is 0 Å². The van der Waals surface area contributed by atoms with Crippen molar-refractivity contribution in [2.75, 3.05) is 0 Å². The third-order valence-corrected chi connectivity index (χ3v) is 0.756. The molecule has 15 heavy (non-hydrogen) atoms. The number of hydrogen-bond acceptors (Lipinski definition) is 1. The summed E-state index contributed by atoms with van der Waals surface area (Å²) in [5.41, 5.74) is 0. The quantitative estimate of drug-likeness (QED) is 0.678. The lowest BCUT2D eigenvalue weighted by Crippen LogP contribution is -1.65. The van der Waals surface area contributed by atoms with Gasteiger partial charge >= 0.3 is 13.4 Å². The Labute approximate surface area is 82.0 Å². The maximum atomic E-state index is 9.67. The minimum atomic E-state index is -3.67. The van der Waals surface area contributed by atoms with E-state index in [2.05, 4.69) is 0 Å². The molecule has 0 radical (unpaired) electrons. The average Bonchev–Trinajstić information content (AvgIpc) is 2.03. The van der Waals surface area contributed by atoms with Gasteiger partial charge in [-0.3, -0.25) is 0 Å². The molecule has 0 unspecified atom stereocenters.